The van der Waals surface area contributed by atoms with E-state index in [0.29, 0.717) is 12.1 Å². The minimum absolute atomic E-state index is 0.104. The van der Waals surface area contributed by atoms with Crippen LogP contribution in [0.2, 0.25) is 0 Å². The van der Waals surface area contributed by atoms with Crippen molar-refractivity contribution in [2.45, 2.75) is 6.54 Å². The second-order valence-electron chi connectivity index (χ2n) is 5.49. The third-order valence-corrected chi connectivity index (χ3v) is 3.71. The molecule has 0 saturated heterocycles. The first-order valence-corrected chi connectivity index (χ1v) is 7.78. The van der Waals surface area contributed by atoms with Crippen molar-refractivity contribution < 1.29 is 19.1 Å². The molecule has 0 bridgehead atoms. The minimum Gasteiger partial charge on any atom is -0.497 e. The van der Waals surface area contributed by atoms with Gasteiger partial charge in [-0.15, -0.1) is 0 Å². The number of carbonyl (C=O) groups excluding carboxylic acids is 2. The fourth-order valence-electron chi connectivity index (χ4n) is 2.23. The highest BCUT2D eigenvalue weighted by molar-refractivity contribution is 5.92. The van der Waals surface area contributed by atoms with Crippen molar-refractivity contribution in [3.05, 3.63) is 71.3 Å². The van der Waals surface area contributed by atoms with Gasteiger partial charge in [0, 0.05) is 19.7 Å². The maximum atomic E-state index is 12.2. The van der Waals surface area contributed by atoms with Crippen LogP contribution in [-0.4, -0.2) is 38.0 Å². The molecule has 0 aromatic heterocycles. The number of methoxy groups -OCH3 is 2. The molecule has 5 nitrogen and oxygen atoms in total. The number of amides is 1. The first kappa shape index (κ1) is 18.3. The van der Waals surface area contributed by atoms with Gasteiger partial charge in [0.1, 0.15) is 5.75 Å². The largest absolute Gasteiger partial charge is 0.497 e. The monoisotopic (exact) mass is 339 g/mol. The van der Waals surface area contributed by atoms with Gasteiger partial charge in [0.15, 0.2) is 0 Å². The number of rotatable bonds is 6. The lowest BCUT2D eigenvalue weighted by atomic mass is 10.1. The van der Waals surface area contributed by atoms with Gasteiger partial charge >= 0.3 is 5.97 Å². The van der Waals surface area contributed by atoms with E-state index in [-0.39, 0.29) is 11.9 Å². The Morgan fingerprint density at radius 2 is 1.64 bits per heavy atom. The molecule has 2 aromatic carbocycles. The Balaban J connectivity index is 1.95. The summed E-state index contributed by atoms with van der Waals surface area (Å²) in [7, 11) is 4.71. The van der Waals surface area contributed by atoms with Gasteiger partial charge in [-0.2, -0.15) is 0 Å². The Labute approximate surface area is 147 Å². The van der Waals surface area contributed by atoms with Crippen molar-refractivity contribution >= 4 is 18.0 Å². The van der Waals surface area contributed by atoms with Crippen LogP contribution < -0.4 is 4.74 Å². The maximum absolute atomic E-state index is 12.2. The van der Waals surface area contributed by atoms with Crippen LogP contribution in [0.5, 0.6) is 5.75 Å². The lowest BCUT2D eigenvalue weighted by molar-refractivity contribution is -0.125. The molecule has 0 spiro atoms. The van der Waals surface area contributed by atoms with Gasteiger partial charge in [0.25, 0.3) is 0 Å². The van der Waals surface area contributed by atoms with Gasteiger partial charge < -0.3 is 14.4 Å². The number of ether oxygens (including phenoxy) is 2. The third kappa shape index (κ3) is 5.21. The molecule has 0 atom stereocenters. The van der Waals surface area contributed by atoms with Gasteiger partial charge in [-0.1, -0.05) is 24.3 Å². The Morgan fingerprint density at radius 1 is 1.00 bits per heavy atom. The normalized spacial score (nSPS) is 10.5. The van der Waals surface area contributed by atoms with Gasteiger partial charge in [-0.25, -0.2) is 4.79 Å². The summed E-state index contributed by atoms with van der Waals surface area (Å²) in [6.45, 7) is 0.508. The van der Waals surface area contributed by atoms with Crippen molar-refractivity contribution in [1.29, 1.82) is 0 Å². The molecule has 2 aromatic rings. The molecule has 130 valence electrons. The van der Waals surface area contributed by atoms with E-state index < -0.39 is 0 Å². The predicted octanol–water partition coefficient (Wildman–Crippen LogP) is 3.15. The van der Waals surface area contributed by atoms with Crippen LogP contribution >= 0.6 is 0 Å². The smallest absolute Gasteiger partial charge is 0.337 e. The Morgan fingerprint density at radius 3 is 2.20 bits per heavy atom. The molecule has 25 heavy (non-hydrogen) atoms. The summed E-state index contributed by atoms with van der Waals surface area (Å²) in [5.41, 5.74) is 2.33. The topological polar surface area (TPSA) is 55.8 Å². The molecule has 1 amide bonds. The summed E-state index contributed by atoms with van der Waals surface area (Å²) in [4.78, 5) is 25.2. The van der Waals surface area contributed by atoms with Gasteiger partial charge in [-0.3, -0.25) is 4.79 Å². The number of likely N-dealkylation sites (N-methyl/N-ethyl adjacent to an activating group) is 1. The summed E-state index contributed by atoms with van der Waals surface area (Å²) in [6.07, 6.45) is 3.23. The molecule has 0 unspecified atom stereocenters. The number of benzene rings is 2. The quantitative estimate of drug-likeness (QED) is 0.599. The van der Waals surface area contributed by atoms with Crippen LogP contribution in [0.15, 0.2) is 54.6 Å². The molecule has 0 N–H and O–H groups in total. The standard InChI is InChI=1S/C20H21NO4/c1-21(14-16-6-11-18(24-2)12-7-16)19(22)13-8-15-4-9-17(10-5-15)20(23)25-3/h4-13H,14H2,1-3H3/b13-8+. The summed E-state index contributed by atoms with van der Waals surface area (Å²) in [6, 6.07) is 14.4. The van der Waals surface area contributed by atoms with Crippen LogP contribution in [0.1, 0.15) is 21.5 Å². The number of hydrogen-bond acceptors (Lipinski definition) is 4. The average Bonchev–Trinajstić information content (AvgIpc) is 2.66. The van der Waals surface area contributed by atoms with E-state index in [9.17, 15) is 9.59 Å². The molecule has 0 aliphatic carbocycles. The molecule has 5 heteroatoms. The molecule has 0 heterocycles. The second kappa shape index (κ2) is 8.68. The molecular formula is C20H21NO4. The number of hydrogen-bond donors (Lipinski definition) is 0. The fraction of sp³-hybridized carbons (Fsp3) is 0.200. The van der Waals surface area contributed by atoms with E-state index in [2.05, 4.69) is 4.74 Å². The SMILES string of the molecule is COC(=O)c1ccc(/C=C/C(=O)N(C)Cc2ccc(OC)cc2)cc1. The van der Waals surface area contributed by atoms with E-state index >= 15 is 0 Å². The molecule has 0 aliphatic rings. The summed E-state index contributed by atoms with van der Waals surface area (Å²) in [5.74, 6) is 0.298. The van der Waals surface area contributed by atoms with E-state index in [1.54, 1.807) is 49.4 Å². The van der Waals surface area contributed by atoms with Crippen molar-refractivity contribution in [2.75, 3.05) is 21.3 Å². The highest BCUT2D eigenvalue weighted by Crippen LogP contribution is 2.13. The molecule has 0 aliphatic heterocycles. The molecule has 0 fully saturated rings. The highest BCUT2D eigenvalue weighted by atomic mass is 16.5. The predicted molar refractivity (Wildman–Crippen MR) is 96.3 cm³/mol. The van der Waals surface area contributed by atoms with Crippen molar-refractivity contribution in [1.82, 2.24) is 4.90 Å². The van der Waals surface area contributed by atoms with Crippen LogP contribution in [0, 0.1) is 0 Å². The van der Waals surface area contributed by atoms with E-state index in [1.807, 2.05) is 24.3 Å². The van der Waals surface area contributed by atoms with Crippen molar-refractivity contribution in [3.8, 4) is 5.75 Å². The Bertz CT molecular complexity index is 748. The average molecular weight is 339 g/mol. The molecule has 2 rings (SSSR count). The van der Waals surface area contributed by atoms with Gasteiger partial charge in [0.2, 0.25) is 5.91 Å². The summed E-state index contributed by atoms with van der Waals surface area (Å²) >= 11 is 0. The van der Waals surface area contributed by atoms with Crippen molar-refractivity contribution in [3.63, 3.8) is 0 Å². The van der Waals surface area contributed by atoms with E-state index in [4.69, 9.17) is 4.74 Å². The summed E-state index contributed by atoms with van der Waals surface area (Å²) in [5, 5.41) is 0. The Hall–Kier alpha value is -3.08. The number of carbonyl (C=O) groups is 2. The highest BCUT2D eigenvalue weighted by Gasteiger charge is 2.07. The van der Waals surface area contributed by atoms with Crippen molar-refractivity contribution in [2.24, 2.45) is 0 Å². The zero-order chi connectivity index (χ0) is 18.2. The molecular weight excluding hydrogens is 318 g/mol. The van der Waals surface area contributed by atoms with Crippen LogP contribution in [-0.2, 0) is 16.1 Å². The number of esters is 1. The number of nitrogens with zero attached hydrogens (tertiary/aromatic N) is 1. The lowest BCUT2D eigenvalue weighted by Crippen LogP contribution is -2.24. The third-order valence-electron chi connectivity index (χ3n) is 3.71. The summed E-state index contributed by atoms with van der Waals surface area (Å²) < 4.78 is 9.77. The first-order valence-electron chi connectivity index (χ1n) is 7.78. The van der Waals surface area contributed by atoms with Gasteiger partial charge in [-0.05, 0) is 41.5 Å². The van der Waals surface area contributed by atoms with E-state index in [0.717, 1.165) is 16.9 Å². The lowest BCUT2D eigenvalue weighted by Gasteiger charge is -2.15. The van der Waals surface area contributed by atoms with Crippen LogP contribution in [0.3, 0.4) is 0 Å². The zero-order valence-corrected chi connectivity index (χ0v) is 14.6. The molecule has 0 radical (unpaired) electrons. The first-order chi connectivity index (χ1) is 12.0. The molecule has 0 saturated carbocycles. The van der Waals surface area contributed by atoms with Crippen LogP contribution in [0.25, 0.3) is 6.08 Å². The maximum Gasteiger partial charge on any atom is 0.337 e. The second-order valence-corrected chi connectivity index (χ2v) is 5.49. The van der Waals surface area contributed by atoms with Crippen LogP contribution in [0.4, 0.5) is 0 Å². The Kier molecular flexibility index (Phi) is 6.34. The fourth-order valence-corrected chi connectivity index (χ4v) is 2.23. The zero-order valence-electron chi connectivity index (χ0n) is 14.6. The van der Waals surface area contributed by atoms with Gasteiger partial charge in [0.05, 0.1) is 19.8 Å². The minimum atomic E-state index is -0.383. The van der Waals surface area contributed by atoms with E-state index in [1.165, 1.54) is 13.2 Å².